The lowest BCUT2D eigenvalue weighted by Crippen LogP contribution is -2.21. The summed E-state index contributed by atoms with van der Waals surface area (Å²) in [5.41, 5.74) is 0. The summed E-state index contributed by atoms with van der Waals surface area (Å²) >= 11 is 3.97. The van der Waals surface area contributed by atoms with E-state index in [1.165, 1.54) is 20.2 Å². The quantitative estimate of drug-likeness (QED) is 0.773. The van der Waals surface area contributed by atoms with Gasteiger partial charge in [-0.2, -0.15) is 12.6 Å². The van der Waals surface area contributed by atoms with Gasteiger partial charge >= 0.3 is 0 Å². The first-order valence-corrected chi connectivity index (χ1v) is 5.68. The van der Waals surface area contributed by atoms with Crippen molar-refractivity contribution in [1.82, 2.24) is 4.31 Å². The average molecular weight is 221 g/mol. The minimum Gasteiger partial charge on any atom is -0.447 e. The number of thiol groups is 1. The smallest absolute Gasteiger partial charge is 0.275 e. The molecule has 74 valence electrons. The van der Waals surface area contributed by atoms with E-state index in [2.05, 4.69) is 12.6 Å². The van der Waals surface area contributed by atoms with E-state index in [0.29, 0.717) is 11.5 Å². The van der Waals surface area contributed by atoms with Gasteiger partial charge in [-0.3, -0.25) is 0 Å². The fourth-order valence-corrected chi connectivity index (χ4v) is 1.74. The maximum absolute atomic E-state index is 11.5. The molecule has 0 radical (unpaired) electrons. The van der Waals surface area contributed by atoms with Crippen molar-refractivity contribution < 1.29 is 12.8 Å². The molecule has 0 bridgehead atoms. The molecule has 0 unspecified atom stereocenters. The SMILES string of the molecule is CN(C)S(=O)(=O)c1ccc(CS)o1. The molecule has 0 atom stereocenters. The average Bonchev–Trinajstić information content (AvgIpc) is 2.51. The summed E-state index contributed by atoms with van der Waals surface area (Å²) in [5.74, 6) is 0.937. The molecule has 0 aliphatic heterocycles. The molecular weight excluding hydrogens is 210 g/mol. The number of rotatable bonds is 3. The lowest BCUT2D eigenvalue weighted by molar-refractivity contribution is 0.408. The third-order valence-electron chi connectivity index (χ3n) is 1.53. The van der Waals surface area contributed by atoms with Crippen LogP contribution in [-0.2, 0) is 15.8 Å². The van der Waals surface area contributed by atoms with Crippen molar-refractivity contribution in [2.75, 3.05) is 14.1 Å². The Balaban J connectivity index is 3.09. The second-order valence-corrected chi connectivity index (χ2v) is 5.07. The molecule has 1 heterocycles. The zero-order valence-corrected chi connectivity index (χ0v) is 9.10. The van der Waals surface area contributed by atoms with E-state index in [1.807, 2.05) is 0 Å². The molecule has 0 spiro atoms. The molecule has 13 heavy (non-hydrogen) atoms. The number of nitrogens with zero attached hydrogens (tertiary/aromatic N) is 1. The van der Waals surface area contributed by atoms with Crippen LogP contribution in [0.2, 0.25) is 0 Å². The van der Waals surface area contributed by atoms with Crippen LogP contribution in [0.1, 0.15) is 5.76 Å². The van der Waals surface area contributed by atoms with Crippen LogP contribution in [0.15, 0.2) is 21.6 Å². The fraction of sp³-hybridized carbons (Fsp3) is 0.429. The third kappa shape index (κ3) is 2.07. The van der Waals surface area contributed by atoms with Crippen LogP contribution in [-0.4, -0.2) is 26.8 Å². The highest BCUT2D eigenvalue weighted by molar-refractivity contribution is 7.88. The fourth-order valence-electron chi connectivity index (χ4n) is 0.762. The predicted octanol–water partition coefficient (Wildman–Crippen LogP) is 0.960. The van der Waals surface area contributed by atoms with Gasteiger partial charge in [0.05, 0.1) is 0 Å². The van der Waals surface area contributed by atoms with Crippen LogP contribution >= 0.6 is 12.6 Å². The second-order valence-electron chi connectivity index (χ2n) is 2.67. The van der Waals surface area contributed by atoms with Crippen molar-refractivity contribution in [3.8, 4) is 0 Å². The first kappa shape index (κ1) is 10.6. The van der Waals surface area contributed by atoms with Gasteiger partial charge in [-0.05, 0) is 12.1 Å². The highest BCUT2D eigenvalue weighted by Crippen LogP contribution is 2.17. The molecule has 0 aliphatic rings. The Kier molecular flexibility index (Phi) is 3.05. The summed E-state index contributed by atoms with van der Waals surface area (Å²) < 4.78 is 29.1. The standard InChI is InChI=1S/C7H11NO3S2/c1-8(2)13(9,10)7-4-3-6(5-12)11-7/h3-4,12H,5H2,1-2H3. The van der Waals surface area contributed by atoms with Crippen LogP contribution < -0.4 is 0 Å². The summed E-state index contributed by atoms with van der Waals surface area (Å²) in [7, 11) is -0.520. The van der Waals surface area contributed by atoms with E-state index >= 15 is 0 Å². The van der Waals surface area contributed by atoms with Crippen LogP contribution in [0.3, 0.4) is 0 Å². The van der Waals surface area contributed by atoms with Crippen molar-refractivity contribution in [2.45, 2.75) is 10.8 Å². The Hall–Kier alpha value is -0.460. The van der Waals surface area contributed by atoms with Gasteiger partial charge < -0.3 is 4.42 Å². The molecule has 4 nitrogen and oxygen atoms in total. The van der Waals surface area contributed by atoms with E-state index in [-0.39, 0.29) is 5.09 Å². The maximum Gasteiger partial charge on any atom is 0.275 e. The minimum absolute atomic E-state index is 0.0402. The Morgan fingerprint density at radius 3 is 2.46 bits per heavy atom. The Labute approximate surface area is 83.0 Å². The minimum atomic E-state index is -3.43. The third-order valence-corrected chi connectivity index (χ3v) is 3.53. The van der Waals surface area contributed by atoms with E-state index in [4.69, 9.17) is 4.42 Å². The molecular formula is C7H11NO3S2. The van der Waals surface area contributed by atoms with Gasteiger partial charge in [0.2, 0.25) is 5.09 Å². The van der Waals surface area contributed by atoms with Crippen molar-refractivity contribution in [2.24, 2.45) is 0 Å². The first-order chi connectivity index (χ1) is 5.98. The number of furan rings is 1. The van der Waals surface area contributed by atoms with Gasteiger partial charge in [0.15, 0.2) is 0 Å². The van der Waals surface area contributed by atoms with E-state index in [9.17, 15) is 8.42 Å². The topological polar surface area (TPSA) is 50.5 Å². The lowest BCUT2D eigenvalue weighted by atomic mass is 10.5. The van der Waals surface area contributed by atoms with Gasteiger partial charge in [-0.15, -0.1) is 0 Å². The summed E-state index contributed by atoms with van der Waals surface area (Å²) in [4.78, 5) is 0. The van der Waals surface area contributed by atoms with Crippen molar-refractivity contribution in [3.63, 3.8) is 0 Å². The van der Waals surface area contributed by atoms with Crippen LogP contribution in [0.25, 0.3) is 0 Å². The molecule has 1 rings (SSSR count). The number of hydrogen-bond donors (Lipinski definition) is 1. The molecule has 0 aliphatic carbocycles. The van der Waals surface area contributed by atoms with Gasteiger partial charge in [-0.1, -0.05) is 0 Å². The van der Waals surface area contributed by atoms with Crippen LogP contribution in [0.5, 0.6) is 0 Å². The summed E-state index contributed by atoms with van der Waals surface area (Å²) in [6.07, 6.45) is 0. The molecule has 1 aromatic rings. The van der Waals surface area contributed by atoms with Gasteiger partial charge in [0.1, 0.15) is 5.76 Å². The summed E-state index contributed by atoms with van der Waals surface area (Å²) in [6, 6.07) is 3.03. The zero-order valence-electron chi connectivity index (χ0n) is 7.39. The monoisotopic (exact) mass is 221 g/mol. The first-order valence-electron chi connectivity index (χ1n) is 3.60. The van der Waals surface area contributed by atoms with E-state index < -0.39 is 10.0 Å². The zero-order chi connectivity index (χ0) is 10.1. The van der Waals surface area contributed by atoms with Crippen molar-refractivity contribution >= 4 is 22.7 Å². The number of sulfonamides is 1. The maximum atomic E-state index is 11.5. The van der Waals surface area contributed by atoms with Crippen molar-refractivity contribution in [3.05, 3.63) is 17.9 Å². The van der Waals surface area contributed by atoms with Gasteiger partial charge in [0.25, 0.3) is 10.0 Å². The van der Waals surface area contributed by atoms with Gasteiger partial charge in [-0.25, -0.2) is 12.7 Å². The summed E-state index contributed by atoms with van der Waals surface area (Å²) in [5, 5.41) is -0.0402. The normalized spacial score (nSPS) is 12.3. The molecule has 0 saturated carbocycles. The van der Waals surface area contributed by atoms with Crippen LogP contribution in [0, 0.1) is 0 Å². The van der Waals surface area contributed by atoms with Crippen molar-refractivity contribution in [1.29, 1.82) is 0 Å². The Morgan fingerprint density at radius 1 is 1.46 bits per heavy atom. The molecule has 0 amide bonds. The second kappa shape index (κ2) is 3.73. The largest absolute Gasteiger partial charge is 0.447 e. The number of hydrogen-bond acceptors (Lipinski definition) is 4. The molecule has 0 aromatic carbocycles. The van der Waals surface area contributed by atoms with E-state index in [0.717, 1.165) is 4.31 Å². The highest BCUT2D eigenvalue weighted by Gasteiger charge is 2.20. The summed E-state index contributed by atoms with van der Waals surface area (Å²) in [6.45, 7) is 0. The highest BCUT2D eigenvalue weighted by atomic mass is 32.2. The molecule has 0 saturated heterocycles. The molecule has 1 aromatic heterocycles. The molecule has 0 fully saturated rings. The Bertz CT molecular complexity index is 380. The van der Waals surface area contributed by atoms with Gasteiger partial charge in [0, 0.05) is 19.8 Å². The lowest BCUT2D eigenvalue weighted by Gasteiger charge is -2.07. The molecule has 6 heteroatoms. The molecule has 0 N–H and O–H groups in total. The van der Waals surface area contributed by atoms with E-state index in [1.54, 1.807) is 6.07 Å². The van der Waals surface area contributed by atoms with Crippen LogP contribution in [0.4, 0.5) is 0 Å². The Morgan fingerprint density at radius 2 is 2.08 bits per heavy atom. The predicted molar refractivity (Wildman–Crippen MR) is 52.3 cm³/mol.